The van der Waals surface area contributed by atoms with Gasteiger partial charge in [-0.15, -0.1) is 0 Å². The summed E-state index contributed by atoms with van der Waals surface area (Å²) in [5.74, 6) is 1.18. The van der Waals surface area contributed by atoms with Crippen LogP contribution in [-0.2, 0) is 16.1 Å². The molecule has 0 aliphatic heterocycles. The highest BCUT2D eigenvalue weighted by molar-refractivity contribution is 5.92. The molecule has 0 heterocycles. The number of hydrogen-bond acceptors (Lipinski definition) is 2. The first-order valence-electron chi connectivity index (χ1n) is 7.50. The van der Waals surface area contributed by atoms with Gasteiger partial charge < -0.3 is 4.74 Å². The second-order valence-electron chi connectivity index (χ2n) is 5.90. The molecule has 0 fully saturated rings. The van der Waals surface area contributed by atoms with Crippen molar-refractivity contribution in [2.45, 2.75) is 33.3 Å². The van der Waals surface area contributed by atoms with Gasteiger partial charge in [0.05, 0.1) is 13.2 Å². The van der Waals surface area contributed by atoms with Crippen LogP contribution in [0.1, 0.15) is 32.3 Å². The van der Waals surface area contributed by atoms with Crippen LogP contribution in [-0.4, -0.2) is 12.4 Å². The first-order valence-corrected chi connectivity index (χ1v) is 7.50. The third-order valence-corrected chi connectivity index (χ3v) is 4.07. The molecule has 0 saturated heterocycles. The Morgan fingerprint density at radius 3 is 2.75 bits per heavy atom. The lowest BCUT2D eigenvalue weighted by Crippen LogP contribution is -2.23. The molecule has 0 spiro atoms. The topological polar surface area (TPSA) is 26.3 Å². The van der Waals surface area contributed by atoms with Crippen LogP contribution in [0.5, 0.6) is 0 Å². The van der Waals surface area contributed by atoms with Crippen molar-refractivity contribution in [3.63, 3.8) is 0 Å². The van der Waals surface area contributed by atoms with Gasteiger partial charge in [0, 0.05) is 5.92 Å². The van der Waals surface area contributed by atoms with Crippen LogP contribution in [0.3, 0.4) is 0 Å². The fourth-order valence-corrected chi connectivity index (χ4v) is 2.68. The zero-order valence-electron chi connectivity index (χ0n) is 12.4. The number of hydrogen-bond donors (Lipinski definition) is 0. The fourth-order valence-electron chi connectivity index (χ4n) is 2.68. The van der Waals surface area contributed by atoms with Crippen molar-refractivity contribution >= 4 is 5.78 Å². The first kappa shape index (κ1) is 15.0. The van der Waals surface area contributed by atoms with E-state index in [-0.39, 0.29) is 17.6 Å². The van der Waals surface area contributed by atoms with E-state index in [0.717, 1.165) is 12.8 Å². The lowest BCUT2D eigenvalue weighted by atomic mass is 9.87. The molecule has 1 aromatic rings. The van der Waals surface area contributed by atoms with E-state index < -0.39 is 0 Å². The summed E-state index contributed by atoms with van der Waals surface area (Å²) in [5, 5.41) is 0. The number of rotatable bonds is 5. The predicted octanol–water partition coefficient (Wildman–Crippen LogP) is 4.01. The normalized spacial score (nSPS) is 24.4. The van der Waals surface area contributed by atoms with Gasteiger partial charge in [-0.3, -0.25) is 4.79 Å². The van der Waals surface area contributed by atoms with Crippen molar-refractivity contribution in [3.05, 3.63) is 48.0 Å². The summed E-state index contributed by atoms with van der Waals surface area (Å²) in [6, 6.07) is 10.2. The quantitative estimate of drug-likeness (QED) is 0.809. The molecule has 0 radical (unpaired) electrons. The molecule has 1 aliphatic carbocycles. The maximum absolute atomic E-state index is 12.1. The van der Waals surface area contributed by atoms with Crippen molar-refractivity contribution in [1.29, 1.82) is 0 Å². The molecule has 20 heavy (non-hydrogen) atoms. The lowest BCUT2D eigenvalue weighted by Gasteiger charge is -2.21. The van der Waals surface area contributed by atoms with Crippen LogP contribution in [0.25, 0.3) is 0 Å². The summed E-state index contributed by atoms with van der Waals surface area (Å²) < 4.78 is 5.77. The van der Waals surface area contributed by atoms with Gasteiger partial charge in [0.1, 0.15) is 0 Å². The Labute approximate surface area is 121 Å². The Morgan fingerprint density at radius 1 is 1.25 bits per heavy atom. The molecule has 1 aliphatic rings. The number of ether oxygens (including phenoxy) is 1. The summed E-state index contributed by atoms with van der Waals surface area (Å²) in [5.41, 5.74) is 1.18. The van der Waals surface area contributed by atoms with Crippen LogP contribution in [0.4, 0.5) is 0 Å². The van der Waals surface area contributed by atoms with Gasteiger partial charge in [-0.05, 0) is 36.3 Å². The molecule has 0 amide bonds. The maximum Gasteiger partial charge on any atom is 0.158 e. The minimum absolute atomic E-state index is 0.118. The molecule has 0 N–H and O–H groups in total. The van der Waals surface area contributed by atoms with Crippen LogP contribution in [0.15, 0.2) is 42.5 Å². The molecule has 2 rings (SSSR count). The largest absolute Gasteiger partial charge is 0.376 e. The van der Waals surface area contributed by atoms with Crippen molar-refractivity contribution < 1.29 is 9.53 Å². The smallest absolute Gasteiger partial charge is 0.158 e. The van der Waals surface area contributed by atoms with Gasteiger partial charge in [0.15, 0.2) is 5.78 Å². The van der Waals surface area contributed by atoms with Crippen LogP contribution in [0.2, 0.25) is 0 Å². The summed E-state index contributed by atoms with van der Waals surface area (Å²) in [7, 11) is 0. The molecule has 0 aromatic heterocycles. The minimum atomic E-state index is 0.118. The average molecular weight is 272 g/mol. The van der Waals surface area contributed by atoms with Crippen LogP contribution in [0, 0.1) is 17.8 Å². The fraction of sp³-hybridized carbons (Fsp3) is 0.500. The number of carbonyl (C=O) groups excluding carboxylic acids is 1. The Morgan fingerprint density at radius 2 is 2.00 bits per heavy atom. The minimum Gasteiger partial charge on any atom is -0.376 e. The van der Waals surface area contributed by atoms with Gasteiger partial charge in [-0.2, -0.15) is 0 Å². The number of ketones is 1. The van der Waals surface area contributed by atoms with E-state index in [4.69, 9.17) is 4.74 Å². The highest BCUT2D eigenvalue weighted by atomic mass is 16.5. The molecule has 3 atom stereocenters. The van der Waals surface area contributed by atoms with Gasteiger partial charge in [0.2, 0.25) is 0 Å². The standard InChI is InChI=1S/C18H24O2/c1-14-8-10-17(18(19)11-9-14)15(2)12-20-13-16-6-4-3-5-7-16/h3-7,9,11,14-15,17H,8,10,12-13H2,1-2H3/t14-,15+,17+/m1/s1. The predicted molar refractivity (Wildman–Crippen MR) is 81.3 cm³/mol. The summed E-state index contributed by atoms with van der Waals surface area (Å²) in [4.78, 5) is 12.1. The van der Waals surface area contributed by atoms with E-state index in [9.17, 15) is 4.79 Å². The van der Waals surface area contributed by atoms with E-state index in [1.807, 2.05) is 24.3 Å². The number of benzene rings is 1. The highest BCUT2D eigenvalue weighted by Crippen LogP contribution is 2.26. The summed E-state index contributed by atoms with van der Waals surface area (Å²) >= 11 is 0. The molecule has 0 unspecified atom stereocenters. The number of carbonyl (C=O) groups is 1. The van der Waals surface area contributed by atoms with Crippen molar-refractivity contribution in [2.75, 3.05) is 6.61 Å². The second kappa shape index (κ2) is 7.39. The molecule has 1 aromatic carbocycles. The Bertz CT molecular complexity index is 450. The zero-order chi connectivity index (χ0) is 14.4. The average Bonchev–Trinajstić information content (AvgIpc) is 2.62. The summed E-state index contributed by atoms with van der Waals surface area (Å²) in [6.07, 6.45) is 5.88. The number of allylic oxidation sites excluding steroid dienone is 2. The molecule has 2 nitrogen and oxygen atoms in total. The van der Waals surface area contributed by atoms with Crippen molar-refractivity contribution in [1.82, 2.24) is 0 Å². The van der Waals surface area contributed by atoms with Crippen LogP contribution < -0.4 is 0 Å². The van der Waals surface area contributed by atoms with Crippen molar-refractivity contribution in [3.8, 4) is 0 Å². The van der Waals surface area contributed by atoms with Gasteiger partial charge in [-0.25, -0.2) is 0 Å². The molecular formula is C18H24O2. The third-order valence-electron chi connectivity index (χ3n) is 4.07. The second-order valence-corrected chi connectivity index (χ2v) is 5.90. The summed E-state index contributed by atoms with van der Waals surface area (Å²) in [6.45, 7) is 5.56. The van der Waals surface area contributed by atoms with E-state index in [1.165, 1.54) is 5.56 Å². The monoisotopic (exact) mass is 272 g/mol. The molecular weight excluding hydrogens is 248 g/mol. The van der Waals surface area contributed by atoms with Gasteiger partial charge in [-0.1, -0.05) is 50.3 Å². The third kappa shape index (κ3) is 4.31. The SMILES string of the molecule is C[C@H]1C=CC(=O)[C@H]([C@@H](C)COCc2ccccc2)CC1. The Kier molecular flexibility index (Phi) is 5.54. The Hall–Kier alpha value is -1.41. The van der Waals surface area contributed by atoms with Crippen LogP contribution >= 0.6 is 0 Å². The van der Waals surface area contributed by atoms with E-state index in [1.54, 1.807) is 6.08 Å². The molecule has 0 saturated carbocycles. The first-order chi connectivity index (χ1) is 9.66. The van der Waals surface area contributed by atoms with Gasteiger partial charge in [0.25, 0.3) is 0 Å². The highest BCUT2D eigenvalue weighted by Gasteiger charge is 2.25. The Balaban J connectivity index is 1.81. The van der Waals surface area contributed by atoms with Crippen molar-refractivity contribution in [2.24, 2.45) is 17.8 Å². The van der Waals surface area contributed by atoms with E-state index in [0.29, 0.717) is 19.1 Å². The van der Waals surface area contributed by atoms with E-state index in [2.05, 4.69) is 26.0 Å². The molecule has 2 heteroatoms. The maximum atomic E-state index is 12.1. The molecule has 0 bridgehead atoms. The molecule has 108 valence electrons. The van der Waals surface area contributed by atoms with Gasteiger partial charge >= 0.3 is 0 Å². The lowest BCUT2D eigenvalue weighted by molar-refractivity contribution is -0.120. The zero-order valence-corrected chi connectivity index (χ0v) is 12.4. The van der Waals surface area contributed by atoms with E-state index >= 15 is 0 Å².